The summed E-state index contributed by atoms with van der Waals surface area (Å²) in [6.45, 7) is 3.77. The number of benzene rings is 1. The van der Waals surface area contributed by atoms with Crippen molar-refractivity contribution in [2.75, 3.05) is 5.75 Å². The number of sulfone groups is 1. The van der Waals surface area contributed by atoms with E-state index in [0.29, 0.717) is 24.2 Å². The molecule has 0 heterocycles. The summed E-state index contributed by atoms with van der Waals surface area (Å²) in [5.41, 5.74) is 0.967. The van der Waals surface area contributed by atoms with Crippen LogP contribution in [0.5, 0.6) is 0 Å². The highest BCUT2D eigenvalue weighted by molar-refractivity contribution is 7.91. The second-order valence-electron chi connectivity index (χ2n) is 4.23. The summed E-state index contributed by atoms with van der Waals surface area (Å²) in [5.74, 6) is 0.184. The van der Waals surface area contributed by atoms with Crippen LogP contribution < -0.4 is 0 Å². The Bertz CT molecular complexity index is 434. The van der Waals surface area contributed by atoms with Gasteiger partial charge in [0.1, 0.15) is 0 Å². The highest BCUT2D eigenvalue weighted by Crippen LogP contribution is 2.14. The predicted molar refractivity (Wildman–Crippen MR) is 68.8 cm³/mol. The van der Waals surface area contributed by atoms with E-state index < -0.39 is 9.84 Å². The zero-order valence-electron chi connectivity index (χ0n) is 10.4. The van der Waals surface area contributed by atoms with Crippen LogP contribution in [0.15, 0.2) is 29.2 Å². The van der Waals surface area contributed by atoms with E-state index in [0.717, 1.165) is 5.56 Å². The van der Waals surface area contributed by atoms with E-state index in [1.54, 1.807) is 24.3 Å². The second kappa shape index (κ2) is 6.17. The molecule has 0 fully saturated rings. The van der Waals surface area contributed by atoms with Crippen LogP contribution in [0.3, 0.4) is 0 Å². The van der Waals surface area contributed by atoms with Gasteiger partial charge in [-0.3, -0.25) is 0 Å². The fraction of sp³-hybridized carbons (Fsp3) is 0.538. The highest BCUT2D eigenvalue weighted by Gasteiger charge is 2.12. The van der Waals surface area contributed by atoms with E-state index in [4.69, 9.17) is 0 Å². The molecule has 0 saturated heterocycles. The minimum atomic E-state index is -3.12. The van der Waals surface area contributed by atoms with Gasteiger partial charge in [0.15, 0.2) is 9.84 Å². The van der Waals surface area contributed by atoms with Crippen molar-refractivity contribution in [3.63, 3.8) is 0 Å². The molecule has 0 aliphatic carbocycles. The number of aliphatic hydroxyl groups is 1. The first-order valence-electron chi connectivity index (χ1n) is 5.99. The van der Waals surface area contributed by atoms with Crippen molar-refractivity contribution in [1.29, 1.82) is 0 Å². The minimum Gasteiger partial charge on any atom is -0.393 e. The maximum Gasteiger partial charge on any atom is 0.178 e. The van der Waals surface area contributed by atoms with Crippen molar-refractivity contribution in [3.05, 3.63) is 29.8 Å². The smallest absolute Gasteiger partial charge is 0.178 e. The molecule has 1 N–H and O–H groups in total. The van der Waals surface area contributed by atoms with E-state index >= 15 is 0 Å². The standard InChI is InChI=1S/C13H20O3S/c1-3-9-17(15,16)13-7-5-11(6-8-13)10-12(14)4-2/h5-8,12,14H,3-4,9-10H2,1-2H3. The van der Waals surface area contributed by atoms with E-state index in [-0.39, 0.29) is 11.9 Å². The maximum absolute atomic E-state index is 11.8. The van der Waals surface area contributed by atoms with Gasteiger partial charge in [-0.15, -0.1) is 0 Å². The molecule has 0 radical (unpaired) electrons. The maximum atomic E-state index is 11.8. The van der Waals surface area contributed by atoms with Gasteiger partial charge in [-0.25, -0.2) is 8.42 Å². The summed E-state index contributed by atoms with van der Waals surface area (Å²) in [6, 6.07) is 6.81. The highest BCUT2D eigenvalue weighted by atomic mass is 32.2. The summed E-state index contributed by atoms with van der Waals surface area (Å²) >= 11 is 0. The third-order valence-electron chi connectivity index (χ3n) is 2.70. The van der Waals surface area contributed by atoms with Crippen molar-refractivity contribution in [3.8, 4) is 0 Å². The van der Waals surface area contributed by atoms with Crippen LogP contribution in [0.1, 0.15) is 32.3 Å². The van der Waals surface area contributed by atoms with Gasteiger partial charge in [0.25, 0.3) is 0 Å². The molecule has 0 amide bonds. The summed E-state index contributed by atoms with van der Waals surface area (Å²) in [6.07, 6.45) is 1.55. The molecule has 1 atom stereocenters. The molecule has 1 rings (SSSR count). The third-order valence-corrected chi connectivity index (χ3v) is 4.63. The number of hydrogen-bond acceptors (Lipinski definition) is 3. The molecule has 1 aromatic carbocycles. The molecular weight excluding hydrogens is 236 g/mol. The number of rotatable bonds is 6. The van der Waals surface area contributed by atoms with Gasteiger partial charge >= 0.3 is 0 Å². The zero-order valence-corrected chi connectivity index (χ0v) is 11.2. The molecule has 3 nitrogen and oxygen atoms in total. The van der Waals surface area contributed by atoms with Gasteiger partial charge in [-0.05, 0) is 37.0 Å². The van der Waals surface area contributed by atoms with Gasteiger partial charge in [0.05, 0.1) is 16.8 Å². The molecular formula is C13H20O3S. The Labute approximate surface area is 103 Å². The Morgan fingerprint density at radius 3 is 2.24 bits per heavy atom. The summed E-state index contributed by atoms with van der Waals surface area (Å²) in [5, 5.41) is 9.51. The van der Waals surface area contributed by atoms with Gasteiger partial charge in [-0.1, -0.05) is 26.0 Å². The summed E-state index contributed by atoms with van der Waals surface area (Å²) in [7, 11) is -3.12. The van der Waals surface area contributed by atoms with Crippen molar-refractivity contribution in [1.82, 2.24) is 0 Å². The van der Waals surface area contributed by atoms with Crippen LogP contribution in [0.4, 0.5) is 0 Å². The lowest BCUT2D eigenvalue weighted by molar-refractivity contribution is 0.171. The molecule has 96 valence electrons. The number of hydrogen-bond donors (Lipinski definition) is 1. The first-order chi connectivity index (χ1) is 7.99. The van der Waals surface area contributed by atoms with Gasteiger partial charge < -0.3 is 5.11 Å². The van der Waals surface area contributed by atoms with Crippen LogP contribution in [0.2, 0.25) is 0 Å². The lowest BCUT2D eigenvalue weighted by atomic mass is 10.1. The Hall–Kier alpha value is -0.870. The molecule has 0 aromatic heterocycles. The van der Waals surface area contributed by atoms with Crippen molar-refractivity contribution < 1.29 is 13.5 Å². The molecule has 1 aromatic rings. The zero-order chi connectivity index (χ0) is 12.9. The van der Waals surface area contributed by atoms with E-state index in [1.165, 1.54) is 0 Å². The van der Waals surface area contributed by atoms with E-state index in [9.17, 15) is 13.5 Å². The lowest BCUT2D eigenvalue weighted by Gasteiger charge is -2.08. The van der Waals surface area contributed by atoms with Gasteiger partial charge in [-0.2, -0.15) is 0 Å². The summed E-state index contributed by atoms with van der Waals surface area (Å²) in [4.78, 5) is 0.370. The second-order valence-corrected chi connectivity index (χ2v) is 6.34. The third kappa shape index (κ3) is 4.13. The largest absolute Gasteiger partial charge is 0.393 e. The van der Waals surface area contributed by atoms with Crippen LogP contribution >= 0.6 is 0 Å². The number of aliphatic hydroxyl groups excluding tert-OH is 1. The van der Waals surface area contributed by atoms with Crippen LogP contribution in [0, 0.1) is 0 Å². The first-order valence-corrected chi connectivity index (χ1v) is 7.64. The van der Waals surface area contributed by atoms with Crippen LogP contribution in [-0.4, -0.2) is 25.4 Å². The van der Waals surface area contributed by atoms with Crippen molar-refractivity contribution >= 4 is 9.84 Å². The van der Waals surface area contributed by atoms with Gasteiger partial charge in [0, 0.05) is 0 Å². The van der Waals surface area contributed by atoms with E-state index in [2.05, 4.69) is 0 Å². The molecule has 0 aliphatic heterocycles. The Balaban J connectivity index is 2.81. The first kappa shape index (κ1) is 14.2. The van der Waals surface area contributed by atoms with E-state index in [1.807, 2.05) is 13.8 Å². The Kier molecular flexibility index (Phi) is 5.15. The summed E-state index contributed by atoms with van der Waals surface area (Å²) < 4.78 is 23.5. The van der Waals surface area contributed by atoms with Crippen LogP contribution in [-0.2, 0) is 16.3 Å². The fourth-order valence-electron chi connectivity index (χ4n) is 1.64. The molecule has 0 saturated carbocycles. The minimum absolute atomic E-state index is 0.184. The monoisotopic (exact) mass is 256 g/mol. The Morgan fingerprint density at radius 1 is 1.18 bits per heavy atom. The topological polar surface area (TPSA) is 54.4 Å². The predicted octanol–water partition coefficient (Wildman–Crippen LogP) is 2.18. The molecule has 0 spiro atoms. The SMILES string of the molecule is CCCS(=O)(=O)c1ccc(CC(O)CC)cc1. The molecule has 0 aliphatic rings. The molecule has 0 bridgehead atoms. The van der Waals surface area contributed by atoms with Gasteiger partial charge in [0.2, 0.25) is 0 Å². The Morgan fingerprint density at radius 2 is 1.76 bits per heavy atom. The molecule has 17 heavy (non-hydrogen) atoms. The quantitative estimate of drug-likeness (QED) is 0.848. The average Bonchev–Trinajstić information content (AvgIpc) is 2.29. The van der Waals surface area contributed by atoms with Crippen molar-refractivity contribution in [2.24, 2.45) is 0 Å². The van der Waals surface area contributed by atoms with Crippen molar-refractivity contribution in [2.45, 2.75) is 44.1 Å². The molecule has 4 heteroatoms. The lowest BCUT2D eigenvalue weighted by Crippen LogP contribution is -2.09. The molecule has 1 unspecified atom stereocenters. The average molecular weight is 256 g/mol. The fourth-order valence-corrected chi connectivity index (χ4v) is 2.96. The van der Waals surface area contributed by atoms with Crippen LogP contribution in [0.25, 0.3) is 0 Å². The normalized spacial score (nSPS) is 13.6.